The molecule has 2 N–H and O–H groups in total. The summed E-state index contributed by atoms with van der Waals surface area (Å²) >= 11 is 2.01. The molecule has 1 aliphatic rings. The van der Waals surface area contributed by atoms with E-state index in [0.29, 0.717) is 6.04 Å². The summed E-state index contributed by atoms with van der Waals surface area (Å²) in [6.07, 6.45) is 5.32. The number of aliphatic imine (C=N–C) groups is 1. The fourth-order valence-corrected chi connectivity index (χ4v) is 3.67. The highest BCUT2D eigenvalue weighted by Gasteiger charge is 2.14. The summed E-state index contributed by atoms with van der Waals surface area (Å²) in [6.45, 7) is 0.787. The Bertz CT molecular complexity index is 632. The summed E-state index contributed by atoms with van der Waals surface area (Å²) in [5.74, 6) is 4.28. The van der Waals surface area contributed by atoms with Crippen LogP contribution in [0, 0.1) is 0 Å². The van der Waals surface area contributed by atoms with Crippen LogP contribution in [0.15, 0.2) is 29.4 Å². The van der Waals surface area contributed by atoms with Crippen LogP contribution in [-0.2, 0) is 6.42 Å². The second-order valence-corrected chi connectivity index (χ2v) is 6.50. The minimum absolute atomic E-state index is 0.527. The minimum Gasteiger partial charge on any atom is -0.356 e. The Labute approximate surface area is 134 Å². The lowest BCUT2D eigenvalue weighted by Crippen LogP contribution is -2.46. The second kappa shape index (κ2) is 7.49. The van der Waals surface area contributed by atoms with Gasteiger partial charge in [0.2, 0.25) is 0 Å². The summed E-state index contributed by atoms with van der Waals surface area (Å²) in [5.41, 5.74) is 0.888. The number of hydrogen-bond acceptors (Lipinski definition) is 4. The molecule has 3 heterocycles. The van der Waals surface area contributed by atoms with Crippen molar-refractivity contribution in [3.8, 4) is 0 Å². The maximum atomic E-state index is 4.31. The summed E-state index contributed by atoms with van der Waals surface area (Å²) < 4.78 is 2.02. The number of aromatic nitrogens is 3. The molecule has 0 spiro atoms. The Kier molecular flexibility index (Phi) is 5.15. The largest absolute Gasteiger partial charge is 0.356 e. The van der Waals surface area contributed by atoms with Gasteiger partial charge in [0.15, 0.2) is 11.6 Å². The van der Waals surface area contributed by atoms with Gasteiger partial charge in [-0.3, -0.25) is 9.39 Å². The number of fused-ring (bicyclic) bond motifs is 1. The number of nitrogens with one attached hydrogen (secondary N) is 2. The molecule has 1 aliphatic heterocycles. The van der Waals surface area contributed by atoms with Crippen LogP contribution in [0.3, 0.4) is 0 Å². The topological polar surface area (TPSA) is 66.6 Å². The molecular weight excluding hydrogens is 296 g/mol. The van der Waals surface area contributed by atoms with Gasteiger partial charge in [-0.05, 0) is 30.7 Å². The van der Waals surface area contributed by atoms with Crippen molar-refractivity contribution in [2.24, 2.45) is 4.99 Å². The number of hydrogen-bond donors (Lipinski definition) is 2. The van der Waals surface area contributed by atoms with E-state index in [0.717, 1.165) is 36.1 Å². The van der Waals surface area contributed by atoms with Crippen molar-refractivity contribution < 1.29 is 0 Å². The zero-order valence-electron chi connectivity index (χ0n) is 12.8. The van der Waals surface area contributed by atoms with Crippen molar-refractivity contribution in [3.05, 3.63) is 30.2 Å². The molecule has 2 aromatic rings. The van der Waals surface area contributed by atoms with Crippen molar-refractivity contribution in [2.45, 2.75) is 25.3 Å². The molecule has 3 rings (SSSR count). The van der Waals surface area contributed by atoms with Gasteiger partial charge >= 0.3 is 0 Å². The van der Waals surface area contributed by atoms with Crippen LogP contribution in [-0.4, -0.2) is 51.7 Å². The van der Waals surface area contributed by atoms with Crippen LogP contribution in [0.1, 0.15) is 18.7 Å². The lowest BCUT2D eigenvalue weighted by molar-refractivity contribution is 0.581. The zero-order chi connectivity index (χ0) is 15.2. The van der Waals surface area contributed by atoms with Gasteiger partial charge in [0, 0.05) is 38.0 Å². The molecule has 22 heavy (non-hydrogen) atoms. The van der Waals surface area contributed by atoms with Crippen molar-refractivity contribution in [1.82, 2.24) is 25.2 Å². The molecular formula is C15H22N6S. The van der Waals surface area contributed by atoms with E-state index in [1.54, 1.807) is 0 Å². The summed E-state index contributed by atoms with van der Waals surface area (Å²) in [4.78, 5) is 4.31. The van der Waals surface area contributed by atoms with Gasteiger partial charge in [-0.15, -0.1) is 10.2 Å². The Morgan fingerprint density at radius 2 is 2.41 bits per heavy atom. The SMILES string of the molecule is CN=C(NCCc1nnc2ccccn12)NC1CCCSC1. The van der Waals surface area contributed by atoms with Gasteiger partial charge in [0.1, 0.15) is 5.82 Å². The van der Waals surface area contributed by atoms with Crippen LogP contribution in [0.5, 0.6) is 0 Å². The molecule has 1 unspecified atom stereocenters. The molecule has 0 amide bonds. The van der Waals surface area contributed by atoms with E-state index in [1.165, 1.54) is 18.6 Å². The first-order chi connectivity index (χ1) is 10.9. The van der Waals surface area contributed by atoms with Crippen LogP contribution >= 0.6 is 11.8 Å². The van der Waals surface area contributed by atoms with Crippen LogP contribution in [0.2, 0.25) is 0 Å². The average molecular weight is 318 g/mol. The van der Waals surface area contributed by atoms with Crippen molar-refractivity contribution >= 4 is 23.4 Å². The van der Waals surface area contributed by atoms with Gasteiger partial charge in [0.25, 0.3) is 0 Å². The Morgan fingerprint density at radius 1 is 1.45 bits per heavy atom. The van der Waals surface area contributed by atoms with Crippen LogP contribution < -0.4 is 10.6 Å². The number of rotatable bonds is 4. The molecule has 0 bridgehead atoms. The van der Waals surface area contributed by atoms with E-state index in [9.17, 15) is 0 Å². The van der Waals surface area contributed by atoms with Gasteiger partial charge in [0.05, 0.1) is 0 Å². The standard InChI is InChI=1S/C15H22N6S/c1-16-15(18-12-5-4-10-22-11-12)17-8-7-14-20-19-13-6-2-3-9-21(13)14/h2-3,6,9,12H,4-5,7-8,10-11H2,1H3,(H2,16,17,18). The Morgan fingerprint density at radius 3 is 3.23 bits per heavy atom. The van der Waals surface area contributed by atoms with E-state index >= 15 is 0 Å². The van der Waals surface area contributed by atoms with Gasteiger partial charge < -0.3 is 10.6 Å². The molecule has 2 aromatic heterocycles. The second-order valence-electron chi connectivity index (χ2n) is 5.35. The van der Waals surface area contributed by atoms with Gasteiger partial charge in [-0.1, -0.05) is 6.07 Å². The molecule has 1 atom stereocenters. The van der Waals surface area contributed by atoms with E-state index in [1.807, 2.05) is 47.6 Å². The first-order valence-electron chi connectivity index (χ1n) is 7.70. The Balaban J connectivity index is 1.50. The number of pyridine rings is 1. The normalized spacial score (nSPS) is 19.3. The summed E-state index contributed by atoms with van der Waals surface area (Å²) in [5, 5.41) is 15.3. The molecule has 1 saturated heterocycles. The van der Waals surface area contributed by atoms with Crippen molar-refractivity contribution in [2.75, 3.05) is 25.1 Å². The minimum atomic E-state index is 0.527. The number of thioether (sulfide) groups is 1. The highest BCUT2D eigenvalue weighted by molar-refractivity contribution is 7.99. The van der Waals surface area contributed by atoms with E-state index in [4.69, 9.17) is 0 Å². The quantitative estimate of drug-likeness (QED) is 0.658. The third-order valence-electron chi connectivity index (χ3n) is 3.75. The molecule has 118 valence electrons. The molecule has 1 fully saturated rings. The predicted octanol–water partition coefficient (Wildman–Crippen LogP) is 1.33. The number of nitrogens with zero attached hydrogens (tertiary/aromatic N) is 4. The summed E-state index contributed by atoms with van der Waals surface area (Å²) in [7, 11) is 1.82. The highest BCUT2D eigenvalue weighted by atomic mass is 32.2. The predicted molar refractivity (Wildman–Crippen MR) is 91.5 cm³/mol. The first kappa shape index (κ1) is 15.1. The lowest BCUT2D eigenvalue weighted by atomic mass is 10.2. The highest BCUT2D eigenvalue weighted by Crippen LogP contribution is 2.16. The monoisotopic (exact) mass is 318 g/mol. The maximum Gasteiger partial charge on any atom is 0.191 e. The molecule has 7 heteroatoms. The average Bonchev–Trinajstić information content (AvgIpc) is 2.98. The molecule has 0 saturated carbocycles. The molecule has 0 radical (unpaired) electrons. The molecule has 0 aliphatic carbocycles. The van der Waals surface area contributed by atoms with Crippen LogP contribution in [0.4, 0.5) is 0 Å². The third kappa shape index (κ3) is 3.71. The molecule has 6 nitrogen and oxygen atoms in total. The van der Waals surface area contributed by atoms with Gasteiger partial charge in [-0.25, -0.2) is 0 Å². The third-order valence-corrected chi connectivity index (χ3v) is 4.97. The smallest absolute Gasteiger partial charge is 0.191 e. The maximum absolute atomic E-state index is 4.31. The fraction of sp³-hybridized carbons (Fsp3) is 0.533. The van der Waals surface area contributed by atoms with Crippen LogP contribution in [0.25, 0.3) is 5.65 Å². The van der Waals surface area contributed by atoms with Crippen molar-refractivity contribution in [3.63, 3.8) is 0 Å². The lowest BCUT2D eigenvalue weighted by Gasteiger charge is -2.24. The van der Waals surface area contributed by atoms with E-state index in [2.05, 4.69) is 25.8 Å². The summed E-state index contributed by atoms with van der Waals surface area (Å²) in [6, 6.07) is 6.46. The van der Waals surface area contributed by atoms with E-state index in [-0.39, 0.29) is 0 Å². The zero-order valence-corrected chi connectivity index (χ0v) is 13.6. The molecule has 0 aromatic carbocycles. The van der Waals surface area contributed by atoms with E-state index < -0.39 is 0 Å². The first-order valence-corrected chi connectivity index (χ1v) is 8.86. The van der Waals surface area contributed by atoms with Gasteiger partial charge in [-0.2, -0.15) is 11.8 Å². The Hall–Kier alpha value is -1.76. The van der Waals surface area contributed by atoms with Crippen molar-refractivity contribution in [1.29, 1.82) is 0 Å². The number of guanidine groups is 1. The fourth-order valence-electron chi connectivity index (χ4n) is 2.60.